The largest absolute Gasteiger partial charge is 0.481 e. The smallest absolute Gasteiger partial charge is 0.330 e. The second kappa shape index (κ2) is 15.1. The molecule has 1 aliphatic rings. The minimum atomic E-state index is -1.28. The van der Waals surface area contributed by atoms with Crippen molar-refractivity contribution in [1.29, 1.82) is 0 Å². The van der Waals surface area contributed by atoms with Gasteiger partial charge in [-0.25, -0.2) is 14.4 Å². The second-order valence-corrected chi connectivity index (χ2v) is 6.91. The number of aliphatic carboxylic acids is 2. The number of hydrogen-bond donors (Lipinski definition) is 3. The van der Waals surface area contributed by atoms with Crippen LogP contribution in [0.2, 0.25) is 0 Å². The van der Waals surface area contributed by atoms with Gasteiger partial charge in [-0.3, -0.25) is 9.59 Å². The summed E-state index contributed by atoms with van der Waals surface area (Å²) >= 11 is 0. The molecule has 33 heavy (non-hydrogen) atoms. The van der Waals surface area contributed by atoms with Crippen LogP contribution >= 0.6 is 0 Å². The number of carbonyl (C=O) groups excluding carboxylic acids is 3. The lowest BCUT2D eigenvalue weighted by Crippen LogP contribution is -2.42. The topological polar surface area (TPSA) is 174 Å². The zero-order valence-electron chi connectivity index (χ0n) is 18.0. The van der Waals surface area contributed by atoms with Gasteiger partial charge < -0.3 is 29.5 Å². The van der Waals surface area contributed by atoms with Crippen molar-refractivity contribution in [2.45, 2.75) is 12.8 Å². The number of allylic oxidation sites excluding steroid dienone is 1. The number of aliphatic hydroxyl groups is 1. The van der Waals surface area contributed by atoms with Gasteiger partial charge in [0.15, 0.2) is 0 Å². The Labute approximate surface area is 190 Å². The number of hydrogen-bond acceptors (Lipinski definition) is 9. The molecule has 0 bridgehead atoms. The Morgan fingerprint density at radius 3 is 1.55 bits per heavy atom. The Kier molecular flexibility index (Phi) is 13.4. The monoisotopic (exact) mass is 468 g/mol. The number of carboxylic acid groups (broad SMARTS) is 2. The molecule has 0 saturated carbocycles. The number of esters is 3. The fourth-order valence-corrected chi connectivity index (χ4v) is 2.48. The highest BCUT2D eigenvalue weighted by Crippen LogP contribution is 2.25. The van der Waals surface area contributed by atoms with E-state index in [1.165, 1.54) is 6.08 Å². The third-order valence-corrected chi connectivity index (χ3v) is 4.42. The van der Waals surface area contributed by atoms with E-state index in [4.69, 9.17) is 24.4 Å². The van der Waals surface area contributed by atoms with E-state index in [0.717, 1.165) is 18.2 Å². The van der Waals surface area contributed by atoms with E-state index in [0.29, 0.717) is 12.8 Å². The zero-order chi connectivity index (χ0) is 25.4. The quantitative estimate of drug-likeness (QED) is 0.161. The van der Waals surface area contributed by atoms with Crippen molar-refractivity contribution in [3.05, 3.63) is 50.1 Å². The maximum absolute atomic E-state index is 11.1. The zero-order valence-corrected chi connectivity index (χ0v) is 18.0. The molecule has 0 radical (unpaired) electrons. The van der Waals surface area contributed by atoms with Crippen LogP contribution in [0.1, 0.15) is 12.8 Å². The van der Waals surface area contributed by atoms with Crippen molar-refractivity contribution in [2.24, 2.45) is 17.3 Å². The molecule has 0 saturated heterocycles. The molecule has 0 aromatic rings. The van der Waals surface area contributed by atoms with Gasteiger partial charge in [0.05, 0.1) is 23.9 Å². The maximum atomic E-state index is 11.1. The van der Waals surface area contributed by atoms with E-state index in [2.05, 4.69) is 19.7 Å². The maximum Gasteiger partial charge on any atom is 0.330 e. The highest BCUT2D eigenvalue weighted by Gasteiger charge is 2.35. The first-order valence-corrected chi connectivity index (χ1v) is 9.66. The van der Waals surface area contributed by atoms with Gasteiger partial charge in [-0.1, -0.05) is 31.9 Å². The van der Waals surface area contributed by atoms with Gasteiger partial charge in [0.25, 0.3) is 0 Å². The van der Waals surface area contributed by atoms with Crippen molar-refractivity contribution in [3.8, 4) is 0 Å². The number of carboxylic acids is 2. The lowest BCUT2D eigenvalue weighted by atomic mass is 9.84. The normalized spacial score (nSPS) is 16.8. The highest BCUT2D eigenvalue weighted by molar-refractivity contribution is 5.82. The van der Waals surface area contributed by atoms with Crippen LogP contribution in [0.5, 0.6) is 0 Å². The van der Waals surface area contributed by atoms with Gasteiger partial charge in [-0.05, 0) is 12.8 Å². The molecule has 0 amide bonds. The van der Waals surface area contributed by atoms with Crippen LogP contribution in [0.3, 0.4) is 0 Å². The molecule has 182 valence electrons. The summed E-state index contributed by atoms with van der Waals surface area (Å²) in [5.74, 6) is -5.86. The number of rotatable bonds is 12. The number of carbonyl (C=O) groups is 5. The van der Waals surface area contributed by atoms with E-state index in [1.807, 2.05) is 0 Å². The van der Waals surface area contributed by atoms with Crippen molar-refractivity contribution in [1.82, 2.24) is 0 Å². The molecule has 0 aromatic carbocycles. The van der Waals surface area contributed by atoms with Gasteiger partial charge in [-0.15, -0.1) is 0 Å². The third kappa shape index (κ3) is 10.9. The Morgan fingerprint density at radius 1 is 0.848 bits per heavy atom. The lowest BCUT2D eigenvalue weighted by Gasteiger charge is -2.29. The molecule has 0 aliphatic heterocycles. The summed E-state index contributed by atoms with van der Waals surface area (Å²) < 4.78 is 14.5. The molecular formula is C22H28O11. The van der Waals surface area contributed by atoms with Crippen LogP contribution in [0, 0.1) is 17.3 Å². The summed E-state index contributed by atoms with van der Waals surface area (Å²) in [5.41, 5.74) is -1.28. The predicted octanol–water partition coefficient (Wildman–Crippen LogP) is 0.891. The Hall–Kier alpha value is -3.73. The summed E-state index contributed by atoms with van der Waals surface area (Å²) in [7, 11) is 0. The number of aliphatic hydroxyl groups excluding tert-OH is 1. The molecule has 0 fully saturated rings. The predicted molar refractivity (Wildman–Crippen MR) is 114 cm³/mol. The summed E-state index contributed by atoms with van der Waals surface area (Å²) in [6, 6.07) is 0. The summed E-state index contributed by atoms with van der Waals surface area (Å²) in [4.78, 5) is 54.4. The van der Waals surface area contributed by atoms with Gasteiger partial charge in [0, 0.05) is 18.2 Å². The van der Waals surface area contributed by atoms with E-state index in [9.17, 15) is 29.1 Å². The van der Waals surface area contributed by atoms with Gasteiger partial charge in [0.2, 0.25) is 0 Å². The van der Waals surface area contributed by atoms with Gasteiger partial charge >= 0.3 is 29.8 Å². The molecule has 2 unspecified atom stereocenters. The van der Waals surface area contributed by atoms with E-state index in [-0.39, 0.29) is 19.8 Å². The van der Waals surface area contributed by atoms with Crippen LogP contribution in [0.15, 0.2) is 50.1 Å². The van der Waals surface area contributed by atoms with Crippen molar-refractivity contribution < 1.29 is 53.5 Å². The van der Waals surface area contributed by atoms with Crippen LogP contribution < -0.4 is 0 Å². The van der Waals surface area contributed by atoms with Crippen LogP contribution in [0.25, 0.3) is 0 Å². The average molecular weight is 468 g/mol. The van der Waals surface area contributed by atoms with Gasteiger partial charge in [0.1, 0.15) is 19.8 Å². The minimum absolute atomic E-state index is 0.330. The molecule has 2 atom stereocenters. The molecule has 11 nitrogen and oxygen atoms in total. The van der Waals surface area contributed by atoms with Gasteiger partial charge in [-0.2, -0.15) is 0 Å². The molecular weight excluding hydrogens is 440 g/mol. The number of ether oxygens (including phenoxy) is 3. The van der Waals surface area contributed by atoms with E-state index < -0.39 is 53.7 Å². The Morgan fingerprint density at radius 2 is 1.27 bits per heavy atom. The molecule has 3 N–H and O–H groups in total. The standard InChI is InChI=1S/C14H18O7.C8H10O4/c1-4-11(16)19-8-14(7-15,9-20-12(17)5-2)10-21-13(18)6-3;9-7(10)5-3-1-2-4-6(5)8(11)12/h4-6,15H,1-3,7-10H2;1,3,5-6H,2,4H2,(H,9,10)(H,11,12). The highest BCUT2D eigenvalue weighted by atomic mass is 16.6. The fourth-order valence-electron chi connectivity index (χ4n) is 2.48. The first-order chi connectivity index (χ1) is 15.6. The minimum Gasteiger partial charge on any atom is -0.481 e. The Bertz CT molecular complexity index is 721. The summed E-state index contributed by atoms with van der Waals surface area (Å²) in [6.07, 6.45) is 7.07. The Balaban J connectivity index is 0.000000716. The molecule has 1 rings (SSSR count). The van der Waals surface area contributed by atoms with Crippen LogP contribution in [-0.2, 0) is 38.2 Å². The molecule has 11 heteroatoms. The van der Waals surface area contributed by atoms with E-state index in [1.54, 1.807) is 6.08 Å². The first-order valence-electron chi connectivity index (χ1n) is 9.66. The fraction of sp³-hybridized carbons (Fsp3) is 0.409. The summed E-state index contributed by atoms with van der Waals surface area (Å²) in [6.45, 7) is 8.14. The van der Waals surface area contributed by atoms with E-state index >= 15 is 0 Å². The molecule has 0 aromatic heterocycles. The average Bonchev–Trinajstić information content (AvgIpc) is 2.83. The van der Waals surface area contributed by atoms with Crippen LogP contribution in [0.4, 0.5) is 0 Å². The van der Waals surface area contributed by atoms with Crippen molar-refractivity contribution in [2.75, 3.05) is 26.4 Å². The van der Waals surface area contributed by atoms with Crippen LogP contribution in [-0.4, -0.2) is 71.6 Å². The molecule has 1 aliphatic carbocycles. The first kappa shape index (κ1) is 29.3. The molecule has 0 heterocycles. The molecule has 0 spiro atoms. The SMILES string of the molecule is C=CC(=O)OCC(CO)(COC(=O)C=C)COC(=O)C=C.O=C(O)C1C=CCCC1C(=O)O. The second-order valence-electron chi connectivity index (χ2n) is 6.91. The summed E-state index contributed by atoms with van der Waals surface area (Å²) in [5, 5.41) is 26.8. The third-order valence-electron chi connectivity index (χ3n) is 4.42. The van der Waals surface area contributed by atoms with Crippen molar-refractivity contribution >= 4 is 29.8 Å². The lowest BCUT2D eigenvalue weighted by molar-refractivity contribution is -0.159. The van der Waals surface area contributed by atoms with Crippen molar-refractivity contribution in [3.63, 3.8) is 0 Å².